The van der Waals surface area contributed by atoms with E-state index in [0.717, 1.165) is 107 Å². The Morgan fingerprint density at radius 2 is 1.73 bits per heavy atom. The lowest BCUT2D eigenvalue weighted by atomic mass is 9.89. The molecule has 15 nitrogen and oxygen atoms in total. The SMILES string of the molecule is C=C1CCC(N2Cc3cc(N4CC[C@H](CN5CCC(c6ccc(Nc7nc(N8CCC[C@@H](N9CCN(C)C9=O)C8)cnc7C(N)=O)cc6)CC5)C4)ccc3C2=O)C(=O)N1. The summed E-state index contributed by atoms with van der Waals surface area (Å²) in [6.45, 7) is 12.5. The minimum Gasteiger partial charge on any atom is -0.371 e. The molecule has 0 radical (unpaired) electrons. The molecule has 5 fully saturated rings. The number of fused-ring (bicyclic) bond motifs is 1. The lowest BCUT2D eigenvalue weighted by molar-refractivity contribution is -0.126. The zero-order valence-corrected chi connectivity index (χ0v) is 33.9. The molecule has 1 unspecified atom stereocenters. The molecule has 1 aromatic heterocycles. The number of nitrogens with one attached hydrogen (secondary N) is 2. The van der Waals surface area contributed by atoms with Gasteiger partial charge in [0.2, 0.25) is 5.91 Å². The Kier molecular flexibility index (Phi) is 10.6. The van der Waals surface area contributed by atoms with Gasteiger partial charge in [0.05, 0.1) is 12.2 Å². The minimum atomic E-state index is -0.644. The van der Waals surface area contributed by atoms with Crippen molar-refractivity contribution in [3.05, 3.63) is 83.3 Å². The molecule has 3 atom stereocenters. The number of likely N-dealkylation sites (N-methyl/N-ethyl adjacent to an activating group) is 1. The third-order valence-corrected chi connectivity index (χ3v) is 13.4. The van der Waals surface area contributed by atoms with Crippen molar-refractivity contribution in [1.29, 1.82) is 0 Å². The molecular formula is C44H55N11O4. The molecule has 5 amide bonds. The van der Waals surface area contributed by atoms with Gasteiger partial charge in [-0.15, -0.1) is 0 Å². The second-order valence-electron chi connectivity index (χ2n) is 17.3. The van der Waals surface area contributed by atoms with Crippen LogP contribution in [0.4, 0.5) is 27.8 Å². The number of amides is 5. The molecule has 310 valence electrons. The Morgan fingerprint density at radius 1 is 0.915 bits per heavy atom. The Bertz CT molecular complexity index is 2140. The number of carbonyl (C=O) groups excluding carboxylic acids is 4. The number of benzene rings is 2. The molecule has 6 aliphatic rings. The normalized spacial score (nSPS) is 24.3. The number of primary amides is 1. The molecule has 9 rings (SSSR count). The van der Waals surface area contributed by atoms with Gasteiger partial charge in [0.25, 0.3) is 11.8 Å². The smallest absolute Gasteiger partial charge is 0.320 e. The number of likely N-dealkylation sites (tertiary alicyclic amines) is 1. The summed E-state index contributed by atoms with van der Waals surface area (Å²) in [5, 5.41) is 6.14. The summed E-state index contributed by atoms with van der Waals surface area (Å²) in [7, 11) is 1.84. The molecule has 7 heterocycles. The quantitative estimate of drug-likeness (QED) is 0.272. The van der Waals surface area contributed by atoms with Gasteiger partial charge in [-0.1, -0.05) is 18.7 Å². The van der Waals surface area contributed by atoms with E-state index < -0.39 is 11.9 Å². The third kappa shape index (κ3) is 7.91. The Balaban J connectivity index is 0.764. The van der Waals surface area contributed by atoms with Gasteiger partial charge in [0.1, 0.15) is 11.9 Å². The number of piperidine rings is 3. The summed E-state index contributed by atoms with van der Waals surface area (Å²) in [6.07, 6.45) is 8.13. The van der Waals surface area contributed by atoms with Crippen LogP contribution in [0.2, 0.25) is 0 Å². The van der Waals surface area contributed by atoms with E-state index in [1.807, 2.05) is 30.1 Å². The van der Waals surface area contributed by atoms with Crippen LogP contribution in [0.15, 0.2) is 60.9 Å². The van der Waals surface area contributed by atoms with Crippen molar-refractivity contribution < 1.29 is 19.2 Å². The first-order chi connectivity index (χ1) is 28.6. The Hall–Kier alpha value is -5.70. The minimum absolute atomic E-state index is 0.0570. The monoisotopic (exact) mass is 801 g/mol. The maximum atomic E-state index is 13.2. The predicted octanol–water partition coefficient (Wildman–Crippen LogP) is 4.11. The molecule has 0 spiro atoms. The second kappa shape index (κ2) is 16.2. The molecule has 0 saturated carbocycles. The van der Waals surface area contributed by atoms with E-state index in [9.17, 15) is 19.2 Å². The number of rotatable bonds is 10. The summed E-state index contributed by atoms with van der Waals surface area (Å²) in [5.74, 6) is 1.21. The first-order valence-electron chi connectivity index (χ1n) is 21.3. The van der Waals surface area contributed by atoms with E-state index >= 15 is 0 Å². The highest BCUT2D eigenvalue weighted by Crippen LogP contribution is 2.35. The molecule has 59 heavy (non-hydrogen) atoms. The number of aromatic nitrogens is 2. The van der Waals surface area contributed by atoms with E-state index in [-0.39, 0.29) is 29.6 Å². The maximum Gasteiger partial charge on any atom is 0.320 e. The van der Waals surface area contributed by atoms with Crippen molar-refractivity contribution in [2.75, 3.05) is 81.1 Å². The first-order valence-corrected chi connectivity index (χ1v) is 21.3. The van der Waals surface area contributed by atoms with Crippen molar-refractivity contribution in [2.45, 2.75) is 69.5 Å². The number of anilines is 4. The van der Waals surface area contributed by atoms with Crippen LogP contribution in [0, 0.1) is 5.92 Å². The van der Waals surface area contributed by atoms with Crippen molar-refractivity contribution in [3.8, 4) is 0 Å². The molecule has 2 aromatic carbocycles. The molecule has 4 N–H and O–H groups in total. The molecule has 3 aromatic rings. The molecule has 6 aliphatic heterocycles. The van der Waals surface area contributed by atoms with Crippen molar-refractivity contribution >= 4 is 46.8 Å². The molecule has 5 saturated heterocycles. The Labute approximate surface area is 345 Å². The molecule has 0 aliphatic carbocycles. The van der Waals surface area contributed by atoms with Gasteiger partial charge in [0, 0.05) is 82.0 Å². The van der Waals surface area contributed by atoms with Gasteiger partial charge in [-0.25, -0.2) is 14.8 Å². The Morgan fingerprint density at radius 3 is 2.47 bits per heavy atom. The maximum absolute atomic E-state index is 13.2. The molecule has 15 heteroatoms. The fourth-order valence-electron chi connectivity index (χ4n) is 10.1. The lowest BCUT2D eigenvalue weighted by Gasteiger charge is -2.37. The van der Waals surface area contributed by atoms with E-state index in [0.29, 0.717) is 55.0 Å². The van der Waals surface area contributed by atoms with Gasteiger partial charge in [-0.2, -0.15) is 0 Å². The fourth-order valence-corrected chi connectivity index (χ4v) is 10.1. The van der Waals surface area contributed by atoms with Crippen LogP contribution in [-0.2, 0) is 11.3 Å². The van der Waals surface area contributed by atoms with Crippen LogP contribution < -0.4 is 26.2 Å². The molecule has 0 bridgehead atoms. The number of allylic oxidation sites excluding steroid dienone is 1. The first kappa shape index (κ1) is 38.8. The van der Waals surface area contributed by atoms with Gasteiger partial charge < -0.3 is 45.8 Å². The van der Waals surface area contributed by atoms with Crippen LogP contribution in [-0.4, -0.2) is 131 Å². The van der Waals surface area contributed by atoms with Crippen molar-refractivity contribution in [3.63, 3.8) is 0 Å². The van der Waals surface area contributed by atoms with Crippen LogP contribution in [0.5, 0.6) is 0 Å². The van der Waals surface area contributed by atoms with Crippen LogP contribution in [0.25, 0.3) is 0 Å². The van der Waals surface area contributed by atoms with Gasteiger partial charge in [-0.3, -0.25) is 14.4 Å². The predicted molar refractivity (Wildman–Crippen MR) is 226 cm³/mol. The van der Waals surface area contributed by atoms with E-state index in [1.54, 1.807) is 16.0 Å². The lowest BCUT2D eigenvalue weighted by Crippen LogP contribution is -2.49. The number of nitrogens with two attached hydrogens (primary N) is 1. The topological polar surface area (TPSA) is 164 Å². The van der Waals surface area contributed by atoms with Crippen molar-refractivity contribution in [1.82, 2.24) is 34.9 Å². The van der Waals surface area contributed by atoms with Crippen LogP contribution >= 0.6 is 0 Å². The fraction of sp³-hybridized carbons (Fsp3) is 0.500. The molecular weight excluding hydrogens is 747 g/mol. The van der Waals surface area contributed by atoms with Gasteiger partial charge in [0.15, 0.2) is 11.5 Å². The average molecular weight is 802 g/mol. The largest absolute Gasteiger partial charge is 0.371 e. The third-order valence-electron chi connectivity index (χ3n) is 13.4. The summed E-state index contributed by atoms with van der Waals surface area (Å²) in [5.41, 5.74) is 11.5. The number of urea groups is 1. The van der Waals surface area contributed by atoms with Crippen molar-refractivity contribution in [2.24, 2.45) is 11.7 Å². The van der Waals surface area contributed by atoms with Gasteiger partial charge >= 0.3 is 6.03 Å². The van der Waals surface area contributed by atoms with E-state index in [2.05, 4.69) is 61.2 Å². The number of carbonyl (C=O) groups is 4. The average Bonchev–Trinajstić information content (AvgIpc) is 3.94. The summed E-state index contributed by atoms with van der Waals surface area (Å²) < 4.78 is 0. The number of hydrogen-bond acceptors (Lipinski definition) is 10. The highest BCUT2D eigenvalue weighted by Gasteiger charge is 2.39. The summed E-state index contributed by atoms with van der Waals surface area (Å²) >= 11 is 0. The highest BCUT2D eigenvalue weighted by atomic mass is 16.2. The zero-order valence-electron chi connectivity index (χ0n) is 33.9. The van der Waals surface area contributed by atoms with Crippen LogP contribution in [0.3, 0.4) is 0 Å². The highest BCUT2D eigenvalue weighted by molar-refractivity contribution is 6.02. The van der Waals surface area contributed by atoms with Gasteiger partial charge in [-0.05, 0) is 111 Å². The van der Waals surface area contributed by atoms with Crippen LogP contribution in [0.1, 0.15) is 82.8 Å². The second-order valence-corrected chi connectivity index (χ2v) is 17.3. The van der Waals surface area contributed by atoms with E-state index in [1.165, 1.54) is 5.56 Å². The van der Waals surface area contributed by atoms with E-state index in [4.69, 9.17) is 10.7 Å². The number of nitrogens with zero attached hydrogens (tertiary/aromatic N) is 8. The summed E-state index contributed by atoms with van der Waals surface area (Å²) in [4.78, 5) is 72.8. The zero-order chi connectivity index (χ0) is 40.8. The number of hydrogen-bond donors (Lipinski definition) is 3. The summed E-state index contributed by atoms with van der Waals surface area (Å²) in [6, 6.07) is 14.3. The standard InChI is InChI=1S/C44H55N11O4/c1-28-5-12-37(42(57)47-28)55-26-32-22-34(10-11-36(32)43(55)58)52-19-13-29(25-52)24-51-17-14-31(15-18-51)30-6-8-33(9-7-30)48-41-39(40(45)56)46-23-38(49-41)53-16-3-4-35(27-53)54-21-20-50(2)44(54)59/h6-11,22-23,29,31,35,37H,1,3-5,12-21,24-27H2,2H3,(H2,45,56)(H,47,57)(H,48,49)/t29-,35-,37?/m1/s1.